The number of hydrogen-bond donors (Lipinski definition) is 0. The molecule has 1 aliphatic carbocycles. The Hall–Kier alpha value is -0.835. The maximum Gasteiger partial charge on any atom is 0.494 e. The Labute approximate surface area is 128 Å². The van der Waals surface area contributed by atoms with Gasteiger partial charge in [-0.1, -0.05) is 18.2 Å². The number of benzene rings is 1. The van der Waals surface area contributed by atoms with Crippen LogP contribution in [0, 0.1) is 0 Å². The van der Waals surface area contributed by atoms with Crippen LogP contribution in [-0.2, 0) is 20.7 Å². The maximum atomic E-state index is 6.18. The lowest BCUT2D eigenvalue weighted by molar-refractivity contribution is 0.00578. The molecule has 0 radical (unpaired) electrons. The van der Waals surface area contributed by atoms with E-state index >= 15 is 0 Å². The zero-order valence-corrected chi connectivity index (χ0v) is 13.7. The minimum atomic E-state index is -0.297. The van der Waals surface area contributed by atoms with Gasteiger partial charge in [-0.15, -0.1) is 0 Å². The van der Waals surface area contributed by atoms with E-state index < -0.39 is 0 Å². The van der Waals surface area contributed by atoms with E-state index in [2.05, 4.69) is 45.9 Å². The highest BCUT2D eigenvalue weighted by atomic mass is 16.7. The first-order valence-electron chi connectivity index (χ1n) is 7.81. The summed E-state index contributed by atoms with van der Waals surface area (Å²) in [6.07, 6.45) is 2.58. The predicted molar refractivity (Wildman–Crippen MR) is 84.8 cm³/mol. The third-order valence-corrected chi connectivity index (χ3v) is 4.92. The summed E-state index contributed by atoms with van der Waals surface area (Å²) in [5, 5.41) is 0. The molecule has 1 aromatic carbocycles. The lowest BCUT2D eigenvalue weighted by Gasteiger charge is -2.32. The predicted octanol–water partition coefficient (Wildman–Crippen LogP) is 3.01. The summed E-state index contributed by atoms with van der Waals surface area (Å²) in [5.74, 6) is 0.711. The van der Waals surface area contributed by atoms with Crippen molar-refractivity contribution in [2.75, 3.05) is 7.11 Å². The van der Waals surface area contributed by atoms with Gasteiger partial charge in [-0.2, -0.15) is 0 Å². The largest absolute Gasteiger partial charge is 0.494 e. The van der Waals surface area contributed by atoms with Crippen molar-refractivity contribution in [1.29, 1.82) is 0 Å². The molecule has 0 atom stereocenters. The fourth-order valence-corrected chi connectivity index (χ4v) is 2.76. The van der Waals surface area contributed by atoms with E-state index in [0.717, 1.165) is 5.46 Å². The van der Waals surface area contributed by atoms with Crippen molar-refractivity contribution < 1.29 is 14.0 Å². The van der Waals surface area contributed by atoms with Gasteiger partial charge >= 0.3 is 7.12 Å². The average molecular weight is 288 g/mol. The van der Waals surface area contributed by atoms with Crippen LogP contribution in [0.2, 0.25) is 0 Å². The van der Waals surface area contributed by atoms with E-state index in [1.54, 1.807) is 7.11 Å². The van der Waals surface area contributed by atoms with Gasteiger partial charge < -0.3 is 14.0 Å². The Morgan fingerprint density at radius 2 is 1.71 bits per heavy atom. The van der Waals surface area contributed by atoms with E-state index in [-0.39, 0.29) is 18.3 Å². The fourth-order valence-electron chi connectivity index (χ4n) is 2.76. The minimum absolute atomic E-state index is 0.288. The van der Waals surface area contributed by atoms with Gasteiger partial charge in [0.2, 0.25) is 0 Å². The number of ether oxygens (including phenoxy) is 1. The average Bonchev–Trinajstić information content (AvgIpc) is 3.18. The van der Waals surface area contributed by atoms with Crippen LogP contribution < -0.4 is 5.46 Å². The van der Waals surface area contributed by atoms with Gasteiger partial charge in [-0.25, -0.2) is 0 Å². The molecule has 1 aromatic rings. The molecule has 0 N–H and O–H groups in total. The summed E-state index contributed by atoms with van der Waals surface area (Å²) in [4.78, 5) is 0. The van der Waals surface area contributed by atoms with E-state index in [0.29, 0.717) is 12.5 Å². The SMILES string of the molecule is COCc1cc(B2OC(C)(C)C(C)(C)O2)cc(C2CC2)c1. The van der Waals surface area contributed by atoms with Crippen LogP contribution in [0.5, 0.6) is 0 Å². The van der Waals surface area contributed by atoms with E-state index in [4.69, 9.17) is 14.0 Å². The fraction of sp³-hybridized carbons (Fsp3) is 0.647. The highest BCUT2D eigenvalue weighted by Gasteiger charge is 2.51. The normalized spacial score (nSPS) is 23.6. The molecule has 21 heavy (non-hydrogen) atoms. The smallest absolute Gasteiger partial charge is 0.399 e. The first kappa shape index (κ1) is 15.1. The summed E-state index contributed by atoms with van der Waals surface area (Å²) < 4.78 is 17.7. The molecule has 0 aromatic heterocycles. The molecule has 2 aliphatic rings. The van der Waals surface area contributed by atoms with Gasteiger partial charge in [0.15, 0.2) is 0 Å². The second kappa shape index (κ2) is 5.11. The Morgan fingerprint density at radius 1 is 1.10 bits per heavy atom. The molecule has 4 heteroatoms. The lowest BCUT2D eigenvalue weighted by atomic mass is 9.77. The molecule has 1 aliphatic heterocycles. The quantitative estimate of drug-likeness (QED) is 0.797. The van der Waals surface area contributed by atoms with Gasteiger partial charge in [0, 0.05) is 7.11 Å². The molecular weight excluding hydrogens is 263 g/mol. The van der Waals surface area contributed by atoms with Gasteiger partial charge in [0.1, 0.15) is 0 Å². The topological polar surface area (TPSA) is 27.7 Å². The van der Waals surface area contributed by atoms with Crippen LogP contribution in [0.4, 0.5) is 0 Å². The molecule has 0 unspecified atom stereocenters. The van der Waals surface area contributed by atoms with Crippen LogP contribution in [0.25, 0.3) is 0 Å². The minimum Gasteiger partial charge on any atom is -0.399 e. The van der Waals surface area contributed by atoms with Crippen molar-refractivity contribution in [3.8, 4) is 0 Å². The van der Waals surface area contributed by atoms with Crippen molar-refractivity contribution in [3.63, 3.8) is 0 Å². The zero-order valence-electron chi connectivity index (χ0n) is 13.7. The third kappa shape index (κ3) is 2.89. The van der Waals surface area contributed by atoms with Crippen molar-refractivity contribution in [1.82, 2.24) is 0 Å². The Kier molecular flexibility index (Phi) is 3.67. The number of hydrogen-bond acceptors (Lipinski definition) is 3. The maximum absolute atomic E-state index is 6.18. The lowest BCUT2D eigenvalue weighted by Crippen LogP contribution is -2.41. The second-order valence-electron chi connectivity index (χ2n) is 7.30. The summed E-state index contributed by atoms with van der Waals surface area (Å²) in [5.41, 5.74) is 3.12. The highest BCUT2D eigenvalue weighted by Crippen LogP contribution is 2.41. The molecule has 1 saturated heterocycles. The first-order chi connectivity index (χ1) is 9.82. The molecule has 114 valence electrons. The molecule has 0 spiro atoms. The zero-order chi connectivity index (χ0) is 15.3. The van der Waals surface area contributed by atoms with Gasteiger partial charge in [-0.3, -0.25) is 0 Å². The summed E-state index contributed by atoms with van der Waals surface area (Å²) >= 11 is 0. The van der Waals surface area contributed by atoms with Crippen LogP contribution in [0.3, 0.4) is 0 Å². The number of methoxy groups -OCH3 is 1. The van der Waals surface area contributed by atoms with E-state index in [1.165, 1.54) is 24.0 Å². The molecular formula is C17H25BO3. The van der Waals surface area contributed by atoms with Crippen molar-refractivity contribution >= 4 is 12.6 Å². The summed E-state index contributed by atoms with van der Waals surface area (Å²) in [6.45, 7) is 9.00. The molecule has 3 rings (SSSR count). The van der Waals surface area contributed by atoms with E-state index in [1.807, 2.05) is 0 Å². The van der Waals surface area contributed by atoms with Crippen molar-refractivity contribution in [3.05, 3.63) is 29.3 Å². The molecule has 1 saturated carbocycles. The Morgan fingerprint density at radius 3 is 2.24 bits per heavy atom. The van der Waals surface area contributed by atoms with Gasteiger partial charge in [0.25, 0.3) is 0 Å². The molecule has 0 bridgehead atoms. The van der Waals surface area contributed by atoms with Crippen LogP contribution in [0.1, 0.15) is 57.6 Å². The highest BCUT2D eigenvalue weighted by molar-refractivity contribution is 6.62. The van der Waals surface area contributed by atoms with Crippen LogP contribution in [0.15, 0.2) is 18.2 Å². The molecule has 2 fully saturated rings. The van der Waals surface area contributed by atoms with Gasteiger partial charge in [-0.05, 0) is 63.0 Å². The van der Waals surface area contributed by atoms with Crippen molar-refractivity contribution in [2.24, 2.45) is 0 Å². The standard InChI is InChI=1S/C17H25BO3/c1-16(2)17(3,4)21-18(20-16)15-9-12(11-19-5)8-14(10-15)13-6-7-13/h8-10,13H,6-7,11H2,1-5H3. The van der Waals surface area contributed by atoms with Crippen LogP contribution >= 0.6 is 0 Å². The van der Waals surface area contributed by atoms with Crippen LogP contribution in [-0.4, -0.2) is 25.4 Å². The monoisotopic (exact) mass is 288 g/mol. The summed E-state index contributed by atoms with van der Waals surface area (Å²) in [7, 11) is 1.45. The molecule has 1 heterocycles. The Bertz CT molecular complexity index is 519. The number of rotatable bonds is 4. The van der Waals surface area contributed by atoms with E-state index in [9.17, 15) is 0 Å². The molecule has 3 nitrogen and oxygen atoms in total. The molecule has 0 amide bonds. The third-order valence-electron chi connectivity index (χ3n) is 4.92. The second-order valence-corrected chi connectivity index (χ2v) is 7.30. The Balaban J connectivity index is 1.91. The summed E-state index contributed by atoms with van der Waals surface area (Å²) in [6, 6.07) is 6.66. The van der Waals surface area contributed by atoms with Gasteiger partial charge in [0.05, 0.1) is 17.8 Å². The first-order valence-corrected chi connectivity index (χ1v) is 7.81. The van der Waals surface area contributed by atoms with Crippen molar-refractivity contribution in [2.45, 2.75) is 64.3 Å².